The Kier molecular flexibility index (Phi) is 8.34. The van der Waals surface area contributed by atoms with Gasteiger partial charge in [0, 0.05) is 11.3 Å². The highest BCUT2D eigenvalue weighted by molar-refractivity contribution is 6.39. The molecule has 34 heavy (non-hydrogen) atoms. The summed E-state index contributed by atoms with van der Waals surface area (Å²) in [5, 5.41) is 6.63. The van der Waals surface area contributed by atoms with Crippen molar-refractivity contribution in [1.82, 2.24) is 5.43 Å². The second kappa shape index (κ2) is 11.6. The second-order valence-electron chi connectivity index (χ2n) is 7.38. The fourth-order valence-electron chi connectivity index (χ4n) is 3.13. The van der Waals surface area contributed by atoms with Gasteiger partial charge in [-0.15, -0.1) is 0 Å². The molecule has 0 fully saturated rings. The van der Waals surface area contributed by atoms with E-state index < -0.39 is 11.8 Å². The van der Waals surface area contributed by atoms with Crippen molar-refractivity contribution in [3.8, 4) is 11.5 Å². The van der Waals surface area contributed by atoms with Crippen LogP contribution < -0.4 is 20.2 Å². The maximum Gasteiger partial charge on any atom is 0.329 e. The minimum absolute atomic E-state index is 0.245. The predicted octanol–water partition coefficient (Wildman–Crippen LogP) is 4.45. The van der Waals surface area contributed by atoms with Crippen LogP contribution in [0.3, 0.4) is 0 Å². The van der Waals surface area contributed by atoms with Crippen molar-refractivity contribution < 1.29 is 23.5 Å². The first-order chi connectivity index (χ1) is 16.4. The SMILES string of the molecule is CCc1ccccc1NC(=O)C(=O)N/N=C(\C)c1ccc(OCc2ccc(F)cc2)c(OC)c1. The van der Waals surface area contributed by atoms with Crippen molar-refractivity contribution in [3.63, 3.8) is 0 Å². The highest BCUT2D eigenvalue weighted by atomic mass is 19.1. The summed E-state index contributed by atoms with van der Waals surface area (Å²) >= 11 is 0. The van der Waals surface area contributed by atoms with Crippen LogP contribution in [0.15, 0.2) is 71.8 Å². The largest absolute Gasteiger partial charge is 0.493 e. The summed E-state index contributed by atoms with van der Waals surface area (Å²) in [5.74, 6) is -1.03. The van der Waals surface area contributed by atoms with Crippen LogP contribution in [0.5, 0.6) is 11.5 Å². The molecule has 3 aromatic rings. The molecule has 2 N–H and O–H groups in total. The van der Waals surface area contributed by atoms with E-state index in [0.29, 0.717) is 28.5 Å². The Labute approximate surface area is 197 Å². The number of para-hydroxylation sites is 1. The Morgan fingerprint density at radius 3 is 2.41 bits per heavy atom. The van der Waals surface area contributed by atoms with Crippen molar-refractivity contribution in [1.29, 1.82) is 0 Å². The van der Waals surface area contributed by atoms with Crippen molar-refractivity contribution in [2.45, 2.75) is 26.9 Å². The molecule has 0 aliphatic rings. The number of aryl methyl sites for hydroxylation is 1. The van der Waals surface area contributed by atoms with Crippen molar-refractivity contribution in [3.05, 3.63) is 89.2 Å². The van der Waals surface area contributed by atoms with E-state index in [-0.39, 0.29) is 12.4 Å². The van der Waals surface area contributed by atoms with Gasteiger partial charge in [-0.05, 0) is 60.9 Å². The van der Waals surface area contributed by atoms with Gasteiger partial charge in [-0.1, -0.05) is 37.3 Å². The quantitative estimate of drug-likeness (QED) is 0.293. The molecular weight excluding hydrogens is 437 g/mol. The van der Waals surface area contributed by atoms with Gasteiger partial charge < -0.3 is 14.8 Å². The van der Waals surface area contributed by atoms with Crippen LogP contribution in [-0.4, -0.2) is 24.6 Å². The van der Waals surface area contributed by atoms with E-state index in [2.05, 4.69) is 15.8 Å². The molecule has 3 rings (SSSR count). The van der Waals surface area contributed by atoms with Crippen LogP contribution in [0.1, 0.15) is 30.5 Å². The van der Waals surface area contributed by atoms with Gasteiger partial charge in [0.25, 0.3) is 0 Å². The number of hydrazone groups is 1. The number of hydrogen-bond donors (Lipinski definition) is 2. The summed E-state index contributed by atoms with van der Waals surface area (Å²) in [6.45, 7) is 3.90. The van der Waals surface area contributed by atoms with Gasteiger partial charge in [-0.3, -0.25) is 9.59 Å². The Morgan fingerprint density at radius 1 is 0.971 bits per heavy atom. The number of amides is 2. The number of nitrogens with zero attached hydrogens (tertiary/aromatic N) is 1. The third-order valence-electron chi connectivity index (χ3n) is 5.07. The lowest BCUT2D eigenvalue weighted by atomic mass is 10.1. The van der Waals surface area contributed by atoms with Crippen molar-refractivity contribution in [2.75, 3.05) is 12.4 Å². The van der Waals surface area contributed by atoms with Crippen LogP contribution in [-0.2, 0) is 22.6 Å². The molecule has 8 heteroatoms. The molecule has 0 unspecified atom stereocenters. The number of halogens is 1. The summed E-state index contributed by atoms with van der Waals surface area (Å²) in [7, 11) is 1.51. The number of methoxy groups -OCH3 is 1. The Balaban J connectivity index is 1.63. The average Bonchev–Trinajstić information content (AvgIpc) is 2.86. The minimum atomic E-state index is -0.878. The maximum atomic E-state index is 13.1. The molecule has 0 bridgehead atoms. The fourth-order valence-corrected chi connectivity index (χ4v) is 3.13. The lowest BCUT2D eigenvalue weighted by Crippen LogP contribution is -2.33. The van der Waals surface area contributed by atoms with E-state index in [1.165, 1.54) is 19.2 Å². The van der Waals surface area contributed by atoms with Crippen LogP contribution in [0, 0.1) is 5.82 Å². The first-order valence-electron chi connectivity index (χ1n) is 10.7. The highest BCUT2D eigenvalue weighted by Gasteiger charge is 2.15. The first-order valence-corrected chi connectivity index (χ1v) is 10.7. The van der Waals surface area contributed by atoms with E-state index in [9.17, 15) is 14.0 Å². The van der Waals surface area contributed by atoms with Crippen molar-refractivity contribution >= 4 is 23.2 Å². The molecule has 0 aromatic heterocycles. The number of carbonyl (C=O) groups excluding carboxylic acids is 2. The van der Waals surface area contributed by atoms with Gasteiger partial charge in [0.1, 0.15) is 12.4 Å². The molecule has 176 valence electrons. The highest BCUT2D eigenvalue weighted by Crippen LogP contribution is 2.29. The van der Waals surface area contributed by atoms with E-state index >= 15 is 0 Å². The Bertz CT molecular complexity index is 1190. The zero-order valence-electron chi connectivity index (χ0n) is 19.2. The number of hydrogen-bond acceptors (Lipinski definition) is 5. The average molecular weight is 464 g/mol. The number of nitrogens with one attached hydrogen (secondary N) is 2. The molecule has 0 saturated carbocycles. The molecule has 0 aliphatic carbocycles. The van der Waals surface area contributed by atoms with Gasteiger partial charge in [-0.25, -0.2) is 9.82 Å². The number of benzene rings is 3. The van der Waals surface area contributed by atoms with Gasteiger partial charge in [0.05, 0.1) is 12.8 Å². The number of anilines is 1. The van der Waals surface area contributed by atoms with Gasteiger partial charge in [-0.2, -0.15) is 5.10 Å². The molecular formula is C26H26FN3O4. The summed E-state index contributed by atoms with van der Waals surface area (Å²) in [6.07, 6.45) is 0.723. The van der Waals surface area contributed by atoms with Crippen LogP contribution in [0.25, 0.3) is 0 Å². The monoisotopic (exact) mass is 463 g/mol. The number of rotatable bonds is 8. The number of ether oxygens (including phenoxy) is 2. The zero-order valence-corrected chi connectivity index (χ0v) is 19.2. The Hall–Kier alpha value is -4.20. The van der Waals surface area contributed by atoms with Crippen LogP contribution in [0.2, 0.25) is 0 Å². The topological polar surface area (TPSA) is 89.0 Å². The van der Waals surface area contributed by atoms with Crippen LogP contribution >= 0.6 is 0 Å². The van der Waals surface area contributed by atoms with Gasteiger partial charge in [0.15, 0.2) is 11.5 Å². The first kappa shape index (κ1) is 24.4. The van der Waals surface area contributed by atoms with E-state index in [4.69, 9.17) is 9.47 Å². The molecule has 0 spiro atoms. The minimum Gasteiger partial charge on any atom is -0.493 e. The van der Waals surface area contributed by atoms with Gasteiger partial charge >= 0.3 is 11.8 Å². The molecule has 2 amide bonds. The van der Waals surface area contributed by atoms with E-state index in [1.54, 1.807) is 49.4 Å². The summed E-state index contributed by atoms with van der Waals surface area (Å²) in [5.41, 5.74) is 5.75. The van der Waals surface area contributed by atoms with E-state index in [1.807, 2.05) is 19.1 Å². The molecule has 0 radical (unpaired) electrons. The molecule has 0 heterocycles. The molecule has 0 saturated heterocycles. The molecule has 0 atom stereocenters. The maximum absolute atomic E-state index is 13.1. The summed E-state index contributed by atoms with van der Waals surface area (Å²) in [6, 6.07) is 18.5. The zero-order chi connectivity index (χ0) is 24.5. The Morgan fingerprint density at radius 2 is 1.71 bits per heavy atom. The predicted molar refractivity (Wildman–Crippen MR) is 129 cm³/mol. The summed E-state index contributed by atoms with van der Waals surface area (Å²) in [4.78, 5) is 24.4. The smallest absolute Gasteiger partial charge is 0.329 e. The normalized spacial score (nSPS) is 11.0. The fraction of sp³-hybridized carbons (Fsp3) is 0.192. The van der Waals surface area contributed by atoms with Crippen molar-refractivity contribution in [2.24, 2.45) is 5.10 Å². The van der Waals surface area contributed by atoms with Crippen LogP contribution in [0.4, 0.5) is 10.1 Å². The third kappa shape index (κ3) is 6.41. The summed E-state index contributed by atoms with van der Waals surface area (Å²) < 4.78 is 24.2. The standard InChI is InChI=1S/C26H26FN3O4/c1-4-19-7-5-6-8-22(19)28-25(31)26(32)30-29-17(2)20-11-14-23(24(15-20)33-3)34-16-18-9-12-21(27)13-10-18/h5-15H,4,16H2,1-3H3,(H,28,31)(H,30,32)/b29-17+. The van der Waals surface area contributed by atoms with Gasteiger partial charge in [0.2, 0.25) is 0 Å². The van der Waals surface area contributed by atoms with E-state index in [0.717, 1.165) is 17.5 Å². The lowest BCUT2D eigenvalue weighted by Gasteiger charge is -2.12. The molecule has 0 aliphatic heterocycles. The molecule has 3 aromatic carbocycles. The molecule has 7 nitrogen and oxygen atoms in total. The third-order valence-corrected chi connectivity index (χ3v) is 5.07. The number of carbonyl (C=O) groups is 2. The second-order valence-corrected chi connectivity index (χ2v) is 7.38. The lowest BCUT2D eigenvalue weighted by molar-refractivity contribution is -0.136.